The van der Waals surface area contributed by atoms with Crippen LogP contribution in [0.2, 0.25) is 0 Å². The van der Waals surface area contributed by atoms with Crippen LogP contribution < -0.4 is 11.1 Å². The molecule has 0 aliphatic heterocycles. The minimum Gasteiger partial charge on any atom is -0.383 e. The summed E-state index contributed by atoms with van der Waals surface area (Å²) < 4.78 is 5.13. The molecule has 0 aromatic heterocycles. The van der Waals surface area contributed by atoms with Crippen molar-refractivity contribution >= 4 is 5.91 Å². The van der Waals surface area contributed by atoms with Crippen LogP contribution in [0.15, 0.2) is 0 Å². The normalized spacial score (nSPS) is 15.2. The topological polar surface area (TPSA) is 64.3 Å². The predicted molar refractivity (Wildman–Crippen MR) is 75.3 cm³/mol. The second-order valence-electron chi connectivity index (χ2n) is 6.15. The molecule has 4 heteroatoms. The summed E-state index contributed by atoms with van der Waals surface area (Å²) in [6, 6.07) is 0.0986. The maximum Gasteiger partial charge on any atom is 0.224 e. The van der Waals surface area contributed by atoms with Gasteiger partial charge in [-0.3, -0.25) is 4.79 Å². The average Bonchev–Trinajstić information content (AvgIpc) is 2.25. The maximum absolute atomic E-state index is 12.2. The highest BCUT2D eigenvalue weighted by Crippen LogP contribution is 2.24. The summed E-state index contributed by atoms with van der Waals surface area (Å²) in [7, 11) is 1.66. The third-order valence-electron chi connectivity index (χ3n) is 2.87. The number of ether oxygens (including phenoxy) is 1. The Hall–Kier alpha value is -0.610. The van der Waals surface area contributed by atoms with Crippen molar-refractivity contribution in [3.63, 3.8) is 0 Å². The average molecular weight is 258 g/mol. The first-order valence-electron chi connectivity index (χ1n) is 6.83. The molecule has 0 saturated carbocycles. The third-order valence-corrected chi connectivity index (χ3v) is 2.87. The van der Waals surface area contributed by atoms with Crippen LogP contribution in [0.25, 0.3) is 0 Å². The molecule has 4 nitrogen and oxygen atoms in total. The first-order valence-corrected chi connectivity index (χ1v) is 6.83. The van der Waals surface area contributed by atoms with Crippen molar-refractivity contribution < 1.29 is 9.53 Å². The van der Waals surface area contributed by atoms with Crippen molar-refractivity contribution in [2.75, 3.05) is 20.3 Å². The highest BCUT2D eigenvalue weighted by Gasteiger charge is 2.25. The zero-order chi connectivity index (χ0) is 14.2. The molecular weight excluding hydrogens is 228 g/mol. The van der Waals surface area contributed by atoms with E-state index in [4.69, 9.17) is 10.5 Å². The number of nitrogens with one attached hydrogen (secondary N) is 1. The van der Waals surface area contributed by atoms with Gasteiger partial charge in [0.1, 0.15) is 0 Å². The molecule has 0 aliphatic rings. The summed E-state index contributed by atoms with van der Waals surface area (Å²) >= 11 is 0. The lowest BCUT2D eigenvalue weighted by Gasteiger charge is -2.26. The molecule has 0 bridgehead atoms. The monoisotopic (exact) mass is 258 g/mol. The zero-order valence-corrected chi connectivity index (χ0v) is 12.6. The molecule has 1 amide bonds. The van der Waals surface area contributed by atoms with E-state index >= 15 is 0 Å². The van der Waals surface area contributed by atoms with E-state index in [1.165, 1.54) is 0 Å². The zero-order valence-electron chi connectivity index (χ0n) is 12.6. The van der Waals surface area contributed by atoms with Gasteiger partial charge in [-0.05, 0) is 18.3 Å². The van der Waals surface area contributed by atoms with Gasteiger partial charge in [0.25, 0.3) is 0 Å². The largest absolute Gasteiger partial charge is 0.383 e. The number of hydrogen-bond acceptors (Lipinski definition) is 3. The number of carbonyl (C=O) groups is 1. The lowest BCUT2D eigenvalue weighted by molar-refractivity contribution is -0.126. The van der Waals surface area contributed by atoms with E-state index in [9.17, 15) is 4.79 Å². The third kappa shape index (κ3) is 7.67. The SMILES string of the molecule is CCCC(COC)NC(=O)C(CN)CC(C)(C)C. The Morgan fingerprint density at radius 2 is 2.00 bits per heavy atom. The number of carbonyl (C=O) groups excluding carboxylic acids is 1. The van der Waals surface area contributed by atoms with Crippen molar-refractivity contribution in [1.29, 1.82) is 0 Å². The summed E-state index contributed by atoms with van der Waals surface area (Å²) in [6.07, 6.45) is 2.77. The van der Waals surface area contributed by atoms with Crippen molar-refractivity contribution in [2.45, 2.75) is 53.0 Å². The van der Waals surface area contributed by atoms with Crippen LogP contribution >= 0.6 is 0 Å². The fourth-order valence-corrected chi connectivity index (χ4v) is 2.09. The molecule has 0 saturated heterocycles. The highest BCUT2D eigenvalue weighted by atomic mass is 16.5. The minimum atomic E-state index is -0.110. The Bertz CT molecular complexity index is 230. The van der Waals surface area contributed by atoms with Crippen LogP contribution in [0.4, 0.5) is 0 Å². The smallest absolute Gasteiger partial charge is 0.224 e. The molecule has 0 radical (unpaired) electrons. The van der Waals surface area contributed by atoms with Crippen molar-refractivity contribution in [3.8, 4) is 0 Å². The van der Waals surface area contributed by atoms with E-state index in [0.717, 1.165) is 19.3 Å². The fraction of sp³-hybridized carbons (Fsp3) is 0.929. The van der Waals surface area contributed by atoms with Gasteiger partial charge in [-0.15, -0.1) is 0 Å². The van der Waals surface area contributed by atoms with Gasteiger partial charge in [0.2, 0.25) is 5.91 Å². The molecular formula is C14H30N2O2. The first kappa shape index (κ1) is 17.4. The van der Waals surface area contributed by atoms with E-state index in [-0.39, 0.29) is 23.3 Å². The lowest BCUT2D eigenvalue weighted by Crippen LogP contribution is -2.44. The number of methoxy groups -OCH3 is 1. The maximum atomic E-state index is 12.2. The Morgan fingerprint density at radius 3 is 2.39 bits per heavy atom. The summed E-state index contributed by atoms with van der Waals surface area (Å²) in [6.45, 7) is 9.44. The molecule has 0 aliphatic carbocycles. The van der Waals surface area contributed by atoms with Crippen LogP contribution in [0.1, 0.15) is 47.0 Å². The van der Waals surface area contributed by atoms with Gasteiger partial charge in [-0.2, -0.15) is 0 Å². The quantitative estimate of drug-likeness (QED) is 0.699. The Labute approximate surface area is 112 Å². The van der Waals surface area contributed by atoms with Gasteiger partial charge in [-0.25, -0.2) is 0 Å². The molecule has 0 aromatic carbocycles. The van der Waals surface area contributed by atoms with E-state index < -0.39 is 0 Å². The number of hydrogen-bond donors (Lipinski definition) is 2. The molecule has 0 aromatic rings. The Morgan fingerprint density at radius 1 is 1.39 bits per heavy atom. The lowest BCUT2D eigenvalue weighted by atomic mass is 9.84. The summed E-state index contributed by atoms with van der Waals surface area (Å²) in [5.41, 5.74) is 5.83. The highest BCUT2D eigenvalue weighted by molar-refractivity contribution is 5.79. The molecule has 0 fully saturated rings. The number of amides is 1. The molecule has 2 unspecified atom stereocenters. The van der Waals surface area contributed by atoms with Crippen molar-refractivity contribution in [2.24, 2.45) is 17.1 Å². The first-order chi connectivity index (χ1) is 8.34. The van der Waals surface area contributed by atoms with Gasteiger partial charge in [0.15, 0.2) is 0 Å². The standard InChI is InChI=1S/C14H30N2O2/c1-6-7-12(10-18-5)16-13(17)11(9-15)8-14(2,3)4/h11-12H,6-10,15H2,1-5H3,(H,16,17). The summed E-state index contributed by atoms with van der Waals surface area (Å²) in [5, 5.41) is 3.05. The van der Waals surface area contributed by atoms with Gasteiger partial charge in [0.05, 0.1) is 18.6 Å². The van der Waals surface area contributed by atoms with E-state index in [0.29, 0.717) is 13.2 Å². The van der Waals surface area contributed by atoms with Crippen LogP contribution in [0.5, 0.6) is 0 Å². The van der Waals surface area contributed by atoms with Crippen LogP contribution in [-0.2, 0) is 9.53 Å². The summed E-state index contributed by atoms with van der Waals surface area (Å²) in [4.78, 5) is 12.2. The van der Waals surface area contributed by atoms with Gasteiger partial charge < -0.3 is 15.8 Å². The molecule has 0 heterocycles. The van der Waals surface area contributed by atoms with E-state index in [2.05, 4.69) is 33.0 Å². The molecule has 2 atom stereocenters. The number of rotatable bonds is 8. The van der Waals surface area contributed by atoms with Gasteiger partial charge in [-0.1, -0.05) is 34.1 Å². The minimum absolute atomic E-state index is 0.0583. The van der Waals surface area contributed by atoms with Crippen molar-refractivity contribution in [3.05, 3.63) is 0 Å². The van der Waals surface area contributed by atoms with E-state index in [1.807, 2.05) is 0 Å². The summed E-state index contributed by atoms with van der Waals surface area (Å²) in [5.74, 6) is -0.0517. The predicted octanol–water partition coefficient (Wildman–Crippen LogP) is 1.93. The molecule has 0 spiro atoms. The van der Waals surface area contributed by atoms with Crippen LogP contribution in [0.3, 0.4) is 0 Å². The van der Waals surface area contributed by atoms with Crippen molar-refractivity contribution in [1.82, 2.24) is 5.32 Å². The number of nitrogens with two attached hydrogens (primary N) is 1. The molecule has 0 rings (SSSR count). The Kier molecular flexibility index (Phi) is 8.20. The Balaban J connectivity index is 4.39. The van der Waals surface area contributed by atoms with E-state index in [1.54, 1.807) is 7.11 Å². The molecule has 18 heavy (non-hydrogen) atoms. The fourth-order valence-electron chi connectivity index (χ4n) is 2.09. The molecule has 3 N–H and O–H groups in total. The van der Waals surface area contributed by atoms with Gasteiger partial charge in [0, 0.05) is 13.7 Å². The van der Waals surface area contributed by atoms with Crippen LogP contribution in [-0.4, -0.2) is 32.2 Å². The van der Waals surface area contributed by atoms with Gasteiger partial charge >= 0.3 is 0 Å². The van der Waals surface area contributed by atoms with Crippen LogP contribution in [0, 0.1) is 11.3 Å². The molecule has 108 valence electrons. The second kappa shape index (κ2) is 8.48. The second-order valence-corrected chi connectivity index (χ2v) is 6.15.